The second-order valence-electron chi connectivity index (χ2n) is 2.24. The van der Waals surface area contributed by atoms with Crippen molar-refractivity contribution in [2.24, 2.45) is 0 Å². The number of rotatable bonds is 4. The van der Waals surface area contributed by atoms with Gasteiger partial charge in [-0.05, 0) is 13.5 Å². The Labute approximate surface area is 63.2 Å². The number of hydrogen-bond acceptors (Lipinski definition) is 2. The highest BCUT2D eigenvalue weighted by Gasteiger charge is 1.96. The van der Waals surface area contributed by atoms with Crippen LogP contribution >= 0.6 is 12.6 Å². The summed E-state index contributed by atoms with van der Waals surface area (Å²) >= 11 is 4.16. The average Bonchev–Trinajstić information content (AvgIpc) is 1.82. The van der Waals surface area contributed by atoms with E-state index in [4.69, 9.17) is 0 Å². The molecule has 54 valence electrons. The topological polar surface area (TPSA) is 3.24 Å². The molecule has 0 unspecified atom stereocenters. The van der Waals surface area contributed by atoms with Crippen molar-refractivity contribution in [1.82, 2.24) is 4.90 Å². The van der Waals surface area contributed by atoms with Crippen LogP contribution in [0.5, 0.6) is 0 Å². The van der Waals surface area contributed by atoms with Crippen molar-refractivity contribution in [3.63, 3.8) is 0 Å². The van der Waals surface area contributed by atoms with Gasteiger partial charge in [-0.1, -0.05) is 19.1 Å². The van der Waals surface area contributed by atoms with Crippen LogP contribution in [0.15, 0.2) is 12.2 Å². The van der Waals surface area contributed by atoms with Crippen LogP contribution < -0.4 is 0 Å². The van der Waals surface area contributed by atoms with Crippen molar-refractivity contribution in [3.05, 3.63) is 12.2 Å². The molecule has 0 aromatic carbocycles. The van der Waals surface area contributed by atoms with Crippen molar-refractivity contribution in [2.45, 2.75) is 13.8 Å². The lowest BCUT2D eigenvalue weighted by Gasteiger charge is -2.16. The second-order valence-corrected chi connectivity index (χ2v) is 2.53. The quantitative estimate of drug-likeness (QED) is 0.358. The van der Waals surface area contributed by atoms with Crippen LogP contribution in [0.4, 0.5) is 0 Å². The van der Waals surface area contributed by atoms with Crippen molar-refractivity contribution in [1.29, 1.82) is 0 Å². The van der Waals surface area contributed by atoms with Crippen LogP contribution in [-0.2, 0) is 0 Å². The predicted octanol–water partition coefficient (Wildman–Crippen LogP) is 1.77. The maximum atomic E-state index is 4.16. The van der Waals surface area contributed by atoms with Gasteiger partial charge in [0, 0.05) is 12.4 Å². The molecule has 0 aromatic rings. The Morgan fingerprint density at radius 3 is 2.33 bits per heavy atom. The van der Waals surface area contributed by atoms with Crippen LogP contribution in [0, 0.1) is 0 Å². The smallest absolute Gasteiger partial charge is 0.0417 e. The summed E-state index contributed by atoms with van der Waals surface area (Å²) in [4.78, 5) is 2.21. The van der Waals surface area contributed by atoms with Gasteiger partial charge in [0.15, 0.2) is 0 Å². The summed E-state index contributed by atoms with van der Waals surface area (Å²) in [7, 11) is 0. The van der Waals surface area contributed by atoms with E-state index in [1.165, 1.54) is 5.57 Å². The lowest BCUT2D eigenvalue weighted by Crippen LogP contribution is -2.23. The van der Waals surface area contributed by atoms with Gasteiger partial charge in [-0.2, -0.15) is 12.6 Å². The Balaban J connectivity index is 3.43. The molecule has 9 heavy (non-hydrogen) atoms. The van der Waals surface area contributed by atoms with E-state index in [1.807, 2.05) is 6.92 Å². The van der Waals surface area contributed by atoms with Gasteiger partial charge >= 0.3 is 0 Å². The minimum Gasteiger partial charge on any atom is -0.291 e. The predicted molar refractivity (Wildman–Crippen MR) is 45.9 cm³/mol. The van der Waals surface area contributed by atoms with Crippen LogP contribution in [0.2, 0.25) is 0 Å². The molecule has 0 rings (SSSR count). The van der Waals surface area contributed by atoms with Crippen molar-refractivity contribution >= 4 is 12.6 Å². The highest BCUT2D eigenvalue weighted by Crippen LogP contribution is 1.95. The normalized spacial score (nSPS) is 10.2. The van der Waals surface area contributed by atoms with E-state index < -0.39 is 0 Å². The molecule has 0 aliphatic rings. The first-order valence-corrected chi connectivity index (χ1v) is 3.81. The zero-order valence-corrected chi connectivity index (χ0v) is 7.12. The summed E-state index contributed by atoms with van der Waals surface area (Å²) in [6.07, 6.45) is 0. The van der Waals surface area contributed by atoms with Gasteiger partial charge in [-0.25, -0.2) is 0 Å². The Hall–Kier alpha value is 0.0500. The van der Waals surface area contributed by atoms with Crippen molar-refractivity contribution < 1.29 is 0 Å². The molecule has 0 N–H and O–H groups in total. The van der Waals surface area contributed by atoms with Crippen LogP contribution in [0.25, 0.3) is 0 Å². The van der Waals surface area contributed by atoms with Gasteiger partial charge < -0.3 is 0 Å². The minimum absolute atomic E-state index is 0.823. The molecule has 0 saturated carbocycles. The Kier molecular flexibility index (Phi) is 4.91. The summed E-state index contributed by atoms with van der Waals surface area (Å²) in [5.41, 5.74) is 1.20. The monoisotopic (exact) mass is 145 g/mol. The maximum Gasteiger partial charge on any atom is 0.0417 e. The molecule has 0 aromatic heterocycles. The lowest BCUT2D eigenvalue weighted by molar-refractivity contribution is 0.369. The number of likely N-dealkylation sites (N-methyl/N-ethyl adjacent to an activating group) is 1. The molecule has 0 aliphatic heterocycles. The summed E-state index contributed by atoms with van der Waals surface area (Å²) in [6, 6.07) is 0. The molecule has 0 aliphatic carbocycles. The Bertz CT molecular complexity index is 86.9. The second kappa shape index (κ2) is 4.89. The van der Waals surface area contributed by atoms with E-state index >= 15 is 0 Å². The van der Waals surface area contributed by atoms with Gasteiger partial charge in [0.1, 0.15) is 0 Å². The van der Waals surface area contributed by atoms with Crippen LogP contribution in [-0.4, -0.2) is 23.9 Å². The van der Waals surface area contributed by atoms with E-state index in [9.17, 15) is 0 Å². The Morgan fingerprint density at radius 1 is 1.67 bits per heavy atom. The van der Waals surface area contributed by atoms with Gasteiger partial charge in [-0.3, -0.25) is 4.90 Å². The van der Waals surface area contributed by atoms with E-state index in [0.29, 0.717) is 0 Å². The molecule has 0 spiro atoms. The fourth-order valence-electron chi connectivity index (χ4n) is 0.644. The van der Waals surface area contributed by atoms with E-state index in [1.54, 1.807) is 0 Å². The van der Waals surface area contributed by atoms with Crippen molar-refractivity contribution in [3.8, 4) is 0 Å². The maximum absolute atomic E-state index is 4.16. The molecule has 0 atom stereocenters. The summed E-state index contributed by atoms with van der Waals surface area (Å²) in [5.74, 6) is 0.823. The van der Waals surface area contributed by atoms with E-state index in [2.05, 4.69) is 31.0 Å². The van der Waals surface area contributed by atoms with E-state index in [-0.39, 0.29) is 0 Å². The molecule has 0 radical (unpaired) electrons. The largest absolute Gasteiger partial charge is 0.291 e. The molecule has 1 nitrogen and oxygen atoms in total. The minimum atomic E-state index is 0.823. The van der Waals surface area contributed by atoms with Gasteiger partial charge in [-0.15, -0.1) is 0 Å². The van der Waals surface area contributed by atoms with Crippen LogP contribution in [0.1, 0.15) is 13.8 Å². The number of thiol groups is 1. The van der Waals surface area contributed by atoms with Gasteiger partial charge in [0.2, 0.25) is 0 Å². The third kappa shape index (κ3) is 4.55. The molecule has 0 fully saturated rings. The molecular weight excluding hydrogens is 130 g/mol. The average molecular weight is 145 g/mol. The first kappa shape index (κ1) is 9.05. The molecule has 0 saturated heterocycles. The summed E-state index contributed by atoms with van der Waals surface area (Å²) in [6.45, 7) is 10.00. The molecule has 0 heterocycles. The highest BCUT2D eigenvalue weighted by molar-refractivity contribution is 7.80. The first-order chi connectivity index (χ1) is 4.20. The number of hydrogen-bond donors (Lipinski definition) is 1. The third-order valence-corrected chi connectivity index (χ3v) is 1.54. The van der Waals surface area contributed by atoms with Gasteiger partial charge in [0.25, 0.3) is 0 Å². The first-order valence-electron chi connectivity index (χ1n) is 3.18. The van der Waals surface area contributed by atoms with E-state index in [0.717, 1.165) is 19.0 Å². The van der Waals surface area contributed by atoms with Gasteiger partial charge in [0.05, 0.1) is 0 Å². The zero-order valence-electron chi connectivity index (χ0n) is 6.22. The highest BCUT2D eigenvalue weighted by atomic mass is 32.1. The molecule has 0 amide bonds. The summed E-state index contributed by atoms with van der Waals surface area (Å²) in [5, 5.41) is 0. The fraction of sp³-hybridized carbons (Fsp3) is 0.714. The lowest BCUT2D eigenvalue weighted by atomic mass is 10.3. The SMILES string of the molecule is C=C(C)CN(CC)CS. The van der Waals surface area contributed by atoms with Crippen molar-refractivity contribution in [2.75, 3.05) is 19.0 Å². The fourth-order valence-corrected chi connectivity index (χ4v) is 0.944. The zero-order chi connectivity index (χ0) is 7.28. The van der Waals surface area contributed by atoms with Crippen LogP contribution in [0.3, 0.4) is 0 Å². The number of nitrogens with zero attached hydrogens (tertiary/aromatic N) is 1. The molecule has 0 bridgehead atoms. The standard InChI is InChI=1S/C7H15NS/c1-4-8(6-9)5-7(2)3/h9H,2,4-6H2,1,3H3. The third-order valence-electron chi connectivity index (χ3n) is 1.14. The molecular formula is C7H15NS. The Morgan fingerprint density at radius 2 is 2.22 bits per heavy atom. The molecule has 2 heteroatoms. The summed E-state index contributed by atoms with van der Waals surface area (Å²) < 4.78 is 0.